The van der Waals surface area contributed by atoms with E-state index in [1.54, 1.807) is 0 Å². The van der Waals surface area contributed by atoms with Crippen molar-refractivity contribution < 1.29 is 4.74 Å². The fraction of sp³-hybridized carbons (Fsp3) is 1.00. The van der Waals surface area contributed by atoms with E-state index in [0.717, 1.165) is 18.7 Å². The van der Waals surface area contributed by atoms with Crippen LogP contribution in [0.3, 0.4) is 0 Å². The molecule has 3 fully saturated rings. The second kappa shape index (κ2) is 6.17. The Balaban J connectivity index is 1.40. The second-order valence-electron chi connectivity index (χ2n) is 8.53. The molecule has 3 rings (SSSR count). The van der Waals surface area contributed by atoms with Crippen molar-refractivity contribution in [2.45, 2.75) is 84.0 Å². The Bertz CT molecular complexity index is 343. The summed E-state index contributed by atoms with van der Waals surface area (Å²) in [6.45, 7) is 12.7. The van der Waals surface area contributed by atoms with E-state index < -0.39 is 0 Å². The monoisotopic (exact) mass is 294 g/mol. The van der Waals surface area contributed by atoms with Gasteiger partial charge in [0.25, 0.3) is 0 Å². The van der Waals surface area contributed by atoms with Crippen LogP contribution in [0.4, 0.5) is 0 Å². The van der Waals surface area contributed by atoms with Crippen LogP contribution >= 0.6 is 0 Å². The van der Waals surface area contributed by atoms with Gasteiger partial charge in [-0.1, -0.05) is 27.7 Å². The Morgan fingerprint density at radius 1 is 1.14 bits per heavy atom. The van der Waals surface area contributed by atoms with Crippen molar-refractivity contribution >= 4 is 0 Å². The highest BCUT2D eigenvalue weighted by atomic mass is 16.5. The Hall–Kier alpha value is -0.120. The number of likely N-dealkylation sites (tertiary alicyclic amines) is 1. The van der Waals surface area contributed by atoms with E-state index in [0.29, 0.717) is 23.5 Å². The fourth-order valence-electron chi connectivity index (χ4n) is 3.92. The van der Waals surface area contributed by atoms with Gasteiger partial charge in [0.2, 0.25) is 0 Å². The second-order valence-corrected chi connectivity index (χ2v) is 8.53. The molecule has 0 aromatic heterocycles. The highest BCUT2D eigenvalue weighted by Gasteiger charge is 2.49. The molecule has 3 heteroatoms. The molecule has 21 heavy (non-hydrogen) atoms. The summed E-state index contributed by atoms with van der Waals surface area (Å²) in [7, 11) is 0. The zero-order valence-corrected chi connectivity index (χ0v) is 14.4. The van der Waals surface area contributed by atoms with Crippen LogP contribution < -0.4 is 5.32 Å². The molecule has 0 radical (unpaired) electrons. The maximum atomic E-state index is 6.08. The molecule has 0 amide bonds. The maximum Gasteiger partial charge on any atom is 0.0656 e. The van der Waals surface area contributed by atoms with Gasteiger partial charge in [0.05, 0.1) is 6.10 Å². The van der Waals surface area contributed by atoms with Crippen LogP contribution in [0.1, 0.15) is 59.8 Å². The number of rotatable bonds is 6. The molecule has 0 aromatic rings. The number of hydrogen-bond donors (Lipinski definition) is 1. The van der Waals surface area contributed by atoms with E-state index in [9.17, 15) is 0 Å². The van der Waals surface area contributed by atoms with Crippen LogP contribution in [0.2, 0.25) is 0 Å². The first-order chi connectivity index (χ1) is 9.96. The fourth-order valence-corrected chi connectivity index (χ4v) is 3.92. The van der Waals surface area contributed by atoms with Crippen molar-refractivity contribution in [1.82, 2.24) is 10.2 Å². The summed E-state index contributed by atoms with van der Waals surface area (Å²) in [6, 6.07) is 2.32. The summed E-state index contributed by atoms with van der Waals surface area (Å²) in [5.41, 5.74) is 0.294. The summed E-state index contributed by atoms with van der Waals surface area (Å²) in [5, 5.41) is 3.94. The normalized spacial score (nSPS) is 34.1. The molecule has 2 saturated carbocycles. The lowest BCUT2D eigenvalue weighted by molar-refractivity contribution is -0.126. The van der Waals surface area contributed by atoms with E-state index in [-0.39, 0.29) is 0 Å². The predicted octanol–water partition coefficient (Wildman–Crippen LogP) is 3.04. The van der Waals surface area contributed by atoms with Gasteiger partial charge >= 0.3 is 0 Å². The van der Waals surface area contributed by atoms with E-state index in [4.69, 9.17) is 4.74 Å². The predicted molar refractivity (Wildman–Crippen MR) is 87.5 cm³/mol. The van der Waals surface area contributed by atoms with Gasteiger partial charge in [-0.3, -0.25) is 0 Å². The summed E-state index contributed by atoms with van der Waals surface area (Å²) in [5.74, 6) is 0.638. The van der Waals surface area contributed by atoms with Crippen LogP contribution in [-0.4, -0.2) is 48.8 Å². The molecular formula is C18H34N2O. The average Bonchev–Trinajstić information content (AvgIpc) is 3.27. The smallest absolute Gasteiger partial charge is 0.0656 e. The van der Waals surface area contributed by atoms with Crippen LogP contribution in [0, 0.1) is 11.3 Å². The van der Waals surface area contributed by atoms with Gasteiger partial charge in [-0.2, -0.15) is 0 Å². The van der Waals surface area contributed by atoms with E-state index in [2.05, 4.69) is 37.9 Å². The standard InChI is InChI=1S/C18H34N2O/c1-13(2)12-21-17-11-16(18(17,3)4)19-14-7-9-20(10-8-14)15-5-6-15/h13-17,19H,5-12H2,1-4H3. The van der Waals surface area contributed by atoms with Crippen molar-refractivity contribution in [3.05, 3.63) is 0 Å². The van der Waals surface area contributed by atoms with Crippen LogP contribution in [0.25, 0.3) is 0 Å². The molecule has 0 bridgehead atoms. The molecular weight excluding hydrogens is 260 g/mol. The Morgan fingerprint density at radius 2 is 1.81 bits per heavy atom. The van der Waals surface area contributed by atoms with Crippen molar-refractivity contribution in [3.63, 3.8) is 0 Å². The van der Waals surface area contributed by atoms with E-state index in [1.807, 2.05) is 0 Å². The molecule has 0 spiro atoms. The lowest BCUT2D eigenvalue weighted by Crippen LogP contribution is -2.63. The Morgan fingerprint density at radius 3 is 2.33 bits per heavy atom. The van der Waals surface area contributed by atoms with Gasteiger partial charge in [0.15, 0.2) is 0 Å². The van der Waals surface area contributed by atoms with Crippen LogP contribution in [0.5, 0.6) is 0 Å². The number of nitrogens with one attached hydrogen (secondary N) is 1. The van der Waals surface area contributed by atoms with Crippen molar-refractivity contribution in [1.29, 1.82) is 0 Å². The van der Waals surface area contributed by atoms with Gasteiger partial charge in [-0.05, 0) is 51.1 Å². The summed E-state index contributed by atoms with van der Waals surface area (Å²) in [6.07, 6.45) is 7.21. The van der Waals surface area contributed by atoms with Crippen molar-refractivity contribution in [3.8, 4) is 0 Å². The quantitative estimate of drug-likeness (QED) is 0.815. The first kappa shape index (κ1) is 15.8. The molecule has 3 nitrogen and oxygen atoms in total. The Labute approximate surface area is 130 Å². The van der Waals surface area contributed by atoms with Gasteiger partial charge in [-0.15, -0.1) is 0 Å². The van der Waals surface area contributed by atoms with E-state index in [1.165, 1.54) is 45.2 Å². The van der Waals surface area contributed by atoms with Crippen LogP contribution in [-0.2, 0) is 4.74 Å². The molecule has 0 aromatic carbocycles. The van der Waals surface area contributed by atoms with E-state index >= 15 is 0 Å². The summed E-state index contributed by atoms with van der Waals surface area (Å²) >= 11 is 0. The lowest BCUT2D eigenvalue weighted by atomic mass is 9.64. The third kappa shape index (κ3) is 3.62. The Kier molecular flexibility index (Phi) is 4.63. The molecule has 1 saturated heterocycles. The number of hydrogen-bond acceptors (Lipinski definition) is 3. The molecule has 1 N–H and O–H groups in total. The first-order valence-corrected chi connectivity index (χ1v) is 9.08. The van der Waals surface area contributed by atoms with Crippen LogP contribution in [0.15, 0.2) is 0 Å². The molecule has 3 aliphatic rings. The minimum absolute atomic E-state index is 0.294. The molecule has 122 valence electrons. The minimum atomic E-state index is 0.294. The maximum absolute atomic E-state index is 6.08. The highest BCUT2D eigenvalue weighted by molar-refractivity contribution is 5.04. The zero-order chi connectivity index (χ0) is 15.0. The van der Waals surface area contributed by atoms with Gasteiger partial charge in [-0.25, -0.2) is 0 Å². The molecule has 2 atom stereocenters. The lowest BCUT2D eigenvalue weighted by Gasteiger charge is -2.53. The summed E-state index contributed by atoms with van der Waals surface area (Å²) in [4.78, 5) is 2.71. The minimum Gasteiger partial charge on any atom is -0.377 e. The van der Waals surface area contributed by atoms with Crippen molar-refractivity contribution in [2.24, 2.45) is 11.3 Å². The van der Waals surface area contributed by atoms with Gasteiger partial charge in [0.1, 0.15) is 0 Å². The number of ether oxygens (including phenoxy) is 1. The average molecular weight is 294 g/mol. The highest BCUT2D eigenvalue weighted by Crippen LogP contribution is 2.43. The van der Waals surface area contributed by atoms with Gasteiger partial charge in [0, 0.05) is 30.1 Å². The largest absolute Gasteiger partial charge is 0.377 e. The number of nitrogens with zero attached hydrogens (tertiary/aromatic N) is 1. The molecule has 1 aliphatic heterocycles. The molecule has 1 heterocycles. The molecule has 2 unspecified atom stereocenters. The summed E-state index contributed by atoms with van der Waals surface area (Å²) < 4.78 is 6.08. The number of piperidine rings is 1. The van der Waals surface area contributed by atoms with Crippen molar-refractivity contribution in [2.75, 3.05) is 19.7 Å². The zero-order valence-electron chi connectivity index (χ0n) is 14.4. The third-order valence-corrected chi connectivity index (χ3v) is 5.84. The first-order valence-electron chi connectivity index (χ1n) is 9.08. The third-order valence-electron chi connectivity index (χ3n) is 5.84. The topological polar surface area (TPSA) is 24.5 Å². The van der Waals surface area contributed by atoms with Gasteiger partial charge < -0.3 is 15.0 Å². The molecule has 2 aliphatic carbocycles. The SMILES string of the molecule is CC(C)COC1CC(NC2CCN(C3CC3)CC2)C1(C)C.